The fourth-order valence-electron chi connectivity index (χ4n) is 1.58. The van der Waals surface area contributed by atoms with Crippen molar-refractivity contribution in [2.45, 2.75) is 18.9 Å². The molecule has 1 fully saturated rings. The van der Waals surface area contributed by atoms with E-state index in [0.717, 1.165) is 12.8 Å². The van der Waals surface area contributed by atoms with Crippen LogP contribution in [0, 0.1) is 5.92 Å². The molecule has 1 aliphatic carbocycles. The van der Waals surface area contributed by atoms with E-state index < -0.39 is 6.10 Å². The van der Waals surface area contributed by atoms with Crippen LogP contribution < -0.4 is 10.1 Å². The zero-order valence-electron chi connectivity index (χ0n) is 9.72. The van der Waals surface area contributed by atoms with Gasteiger partial charge in [0.2, 0.25) is 5.88 Å². The molecule has 1 heterocycles. The lowest BCUT2D eigenvalue weighted by atomic mass is 10.2. The summed E-state index contributed by atoms with van der Waals surface area (Å²) < 4.78 is 4.90. The number of hydrogen-bond donors (Lipinski definition) is 2. The number of carbonyl (C=O) groups is 1. The SMILES string of the molecule is COc1ccc(C(=O)NCC(O)C2CC2)cn1. The van der Waals surface area contributed by atoms with Gasteiger partial charge in [0.25, 0.3) is 5.91 Å². The summed E-state index contributed by atoms with van der Waals surface area (Å²) in [4.78, 5) is 15.6. The molecule has 0 saturated heterocycles. The molecule has 0 aromatic carbocycles. The van der Waals surface area contributed by atoms with Gasteiger partial charge in [0.05, 0.1) is 18.8 Å². The molecular weight excluding hydrogens is 220 g/mol. The fraction of sp³-hybridized carbons (Fsp3) is 0.500. The Morgan fingerprint density at radius 1 is 1.65 bits per heavy atom. The first-order chi connectivity index (χ1) is 8.20. The van der Waals surface area contributed by atoms with Crippen LogP contribution in [0.4, 0.5) is 0 Å². The van der Waals surface area contributed by atoms with Crippen molar-refractivity contribution in [2.24, 2.45) is 5.92 Å². The predicted octanol–water partition coefficient (Wildman–Crippen LogP) is 0.591. The number of amides is 1. The Labute approximate surface area is 99.8 Å². The van der Waals surface area contributed by atoms with Gasteiger partial charge in [0, 0.05) is 18.8 Å². The summed E-state index contributed by atoms with van der Waals surface area (Å²) in [5.74, 6) is 0.615. The Kier molecular flexibility index (Phi) is 3.58. The van der Waals surface area contributed by atoms with Crippen LogP contribution in [0.25, 0.3) is 0 Å². The van der Waals surface area contributed by atoms with E-state index in [1.807, 2.05) is 0 Å². The first-order valence-electron chi connectivity index (χ1n) is 5.67. The zero-order chi connectivity index (χ0) is 12.3. The predicted molar refractivity (Wildman–Crippen MR) is 61.9 cm³/mol. The van der Waals surface area contributed by atoms with E-state index in [4.69, 9.17) is 4.74 Å². The fourth-order valence-corrected chi connectivity index (χ4v) is 1.58. The maximum atomic E-state index is 11.7. The Morgan fingerprint density at radius 2 is 2.41 bits per heavy atom. The summed E-state index contributed by atoms with van der Waals surface area (Å²) in [5, 5.41) is 12.3. The van der Waals surface area contributed by atoms with E-state index in [1.165, 1.54) is 13.3 Å². The minimum absolute atomic E-state index is 0.222. The normalized spacial score (nSPS) is 16.4. The van der Waals surface area contributed by atoms with Gasteiger partial charge in [-0.25, -0.2) is 4.98 Å². The molecule has 0 spiro atoms. The lowest BCUT2D eigenvalue weighted by Crippen LogP contribution is -2.33. The number of nitrogens with zero attached hydrogens (tertiary/aromatic N) is 1. The number of ether oxygens (including phenoxy) is 1. The third-order valence-corrected chi connectivity index (χ3v) is 2.85. The molecule has 2 rings (SSSR count). The Balaban J connectivity index is 1.85. The van der Waals surface area contributed by atoms with Gasteiger partial charge in [-0.1, -0.05) is 0 Å². The monoisotopic (exact) mass is 236 g/mol. The van der Waals surface area contributed by atoms with Crippen LogP contribution in [-0.2, 0) is 0 Å². The van der Waals surface area contributed by atoms with Crippen LogP contribution in [0.15, 0.2) is 18.3 Å². The highest BCUT2D eigenvalue weighted by Crippen LogP contribution is 2.32. The van der Waals surface area contributed by atoms with Crippen LogP contribution >= 0.6 is 0 Å². The third kappa shape index (κ3) is 3.17. The van der Waals surface area contributed by atoms with Gasteiger partial charge in [0.15, 0.2) is 0 Å². The lowest BCUT2D eigenvalue weighted by Gasteiger charge is -2.10. The number of aliphatic hydroxyl groups excluding tert-OH is 1. The molecule has 5 heteroatoms. The van der Waals surface area contributed by atoms with E-state index in [1.54, 1.807) is 12.1 Å². The van der Waals surface area contributed by atoms with Crippen molar-refractivity contribution in [3.8, 4) is 5.88 Å². The van der Waals surface area contributed by atoms with Crippen LogP contribution in [0.3, 0.4) is 0 Å². The molecule has 1 atom stereocenters. The largest absolute Gasteiger partial charge is 0.481 e. The van der Waals surface area contributed by atoms with Crippen LogP contribution in [0.1, 0.15) is 23.2 Å². The van der Waals surface area contributed by atoms with E-state index in [9.17, 15) is 9.90 Å². The second-order valence-electron chi connectivity index (χ2n) is 4.20. The molecule has 92 valence electrons. The molecule has 1 aromatic heterocycles. The lowest BCUT2D eigenvalue weighted by molar-refractivity contribution is 0.0900. The summed E-state index contributed by atoms with van der Waals surface area (Å²) in [5.41, 5.74) is 0.466. The Hall–Kier alpha value is -1.62. The van der Waals surface area contributed by atoms with E-state index in [2.05, 4.69) is 10.3 Å². The number of methoxy groups -OCH3 is 1. The van der Waals surface area contributed by atoms with Gasteiger partial charge in [-0.2, -0.15) is 0 Å². The maximum absolute atomic E-state index is 11.7. The average molecular weight is 236 g/mol. The highest BCUT2D eigenvalue weighted by atomic mass is 16.5. The molecule has 1 aliphatic rings. The van der Waals surface area contributed by atoms with Crippen LogP contribution in [0.5, 0.6) is 5.88 Å². The first-order valence-corrected chi connectivity index (χ1v) is 5.67. The second kappa shape index (κ2) is 5.14. The van der Waals surface area contributed by atoms with Gasteiger partial charge in [-0.3, -0.25) is 4.79 Å². The molecule has 2 N–H and O–H groups in total. The number of nitrogens with one attached hydrogen (secondary N) is 1. The quantitative estimate of drug-likeness (QED) is 0.785. The average Bonchev–Trinajstić information content (AvgIpc) is 3.20. The molecule has 1 amide bonds. The Bertz CT molecular complexity index is 387. The molecule has 5 nitrogen and oxygen atoms in total. The zero-order valence-corrected chi connectivity index (χ0v) is 9.72. The molecular formula is C12H16N2O3. The molecule has 1 unspecified atom stereocenters. The highest BCUT2D eigenvalue weighted by molar-refractivity contribution is 5.93. The number of carbonyl (C=O) groups excluding carboxylic acids is 1. The van der Waals surface area contributed by atoms with Crippen molar-refractivity contribution < 1.29 is 14.6 Å². The van der Waals surface area contributed by atoms with Gasteiger partial charge in [-0.15, -0.1) is 0 Å². The summed E-state index contributed by atoms with van der Waals surface area (Å²) >= 11 is 0. The minimum atomic E-state index is -0.426. The third-order valence-electron chi connectivity index (χ3n) is 2.85. The topological polar surface area (TPSA) is 71.5 Å². The van der Waals surface area contributed by atoms with Crippen molar-refractivity contribution in [1.82, 2.24) is 10.3 Å². The smallest absolute Gasteiger partial charge is 0.252 e. The molecule has 0 radical (unpaired) electrons. The van der Waals surface area contributed by atoms with Crippen molar-refractivity contribution >= 4 is 5.91 Å². The van der Waals surface area contributed by atoms with Crippen molar-refractivity contribution in [1.29, 1.82) is 0 Å². The second-order valence-corrected chi connectivity index (χ2v) is 4.20. The number of rotatable bonds is 5. The summed E-state index contributed by atoms with van der Waals surface area (Å²) in [6.07, 6.45) is 3.14. The van der Waals surface area contributed by atoms with E-state index in [-0.39, 0.29) is 5.91 Å². The number of hydrogen-bond acceptors (Lipinski definition) is 4. The minimum Gasteiger partial charge on any atom is -0.481 e. The summed E-state index contributed by atoms with van der Waals surface area (Å²) in [6, 6.07) is 3.27. The molecule has 1 aromatic rings. The first kappa shape index (κ1) is 11.9. The molecule has 0 aliphatic heterocycles. The maximum Gasteiger partial charge on any atom is 0.252 e. The molecule has 1 saturated carbocycles. The van der Waals surface area contributed by atoms with Gasteiger partial charge >= 0.3 is 0 Å². The van der Waals surface area contributed by atoms with Gasteiger partial charge in [-0.05, 0) is 24.8 Å². The highest BCUT2D eigenvalue weighted by Gasteiger charge is 2.29. The summed E-state index contributed by atoms with van der Waals surface area (Å²) in [6.45, 7) is 0.301. The van der Waals surface area contributed by atoms with E-state index >= 15 is 0 Å². The number of pyridine rings is 1. The van der Waals surface area contributed by atoms with E-state index in [0.29, 0.717) is 23.9 Å². The van der Waals surface area contributed by atoms with Crippen molar-refractivity contribution in [2.75, 3.05) is 13.7 Å². The van der Waals surface area contributed by atoms with Gasteiger partial charge < -0.3 is 15.2 Å². The van der Waals surface area contributed by atoms with Crippen LogP contribution in [-0.4, -0.2) is 35.8 Å². The molecule has 17 heavy (non-hydrogen) atoms. The van der Waals surface area contributed by atoms with Gasteiger partial charge in [0.1, 0.15) is 0 Å². The Morgan fingerprint density at radius 3 is 2.94 bits per heavy atom. The number of aromatic nitrogens is 1. The standard InChI is InChI=1S/C12H16N2O3/c1-17-11-5-4-9(6-13-11)12(16)14-7-10(15)8-2-3-8/h4-6,8,10,15H,2-3,7H2,1H3,(H,14,16). The number of aliphatic hydroxyl groups is 1. The van der Waals surface area contributed by atoms with Crippen molar-refractivity contribution in [3.05, 3.63) is 23.9 Å². The van der Waals surface area contributed by atoms with Crippen molar-refractivity contribution in [3.63, 3.8) is 0 Å². The summed E-state index contributed by atoms with van der Waals surface area (Å²) in [7, 11) is 1.52. The molecule has 0 bridgehead atoms. The van der Waals surface area contributed by atoms with Crippen LogP contribution in [0.2, 0.25) is 0 Å².